The van der Waals surface area contributed by atoms with Crippen LogP contribution in [0.5, 0.6) is 0 Å². The fourth-order valence-electron chi connectivity index (χ4n) is 5.15. The van der Waals surface area contributed by atoms with Crippen molar-refractivity contribution in [1.29, 1.82) is 31.6 Å². The number of ketones is 2. The number of nitriles is 6. The van der Waals surface area contributed by atoms with E-state index in [-0.39, 0.29) is 101 Å². The summed E-state index contributed by atoms with van der Waals surface area (Å²) >= 11 is -0.250. The van der Waals surface area contributed by atoms with Gasteiger partial charge in [0, 0.05) is 0 Å². The molecule has 0 fully saturated rings. The van der Waals surface area contributed by atoms with Crippen molar-refractivity contribution in [3.63, 3.8) is 0 Å². The minimum atomic E-state index is -0.121. The fraction of sp³-hybridized carbons (Fsp3) is 0.333. The van der Waals surface area contributed by atoms with Gasteiger partial charge in [0.2, 0.25) is 0 Å². The van der Waals surface area contributed by atoms with Crippen molar-refractivity contribution in [3.8, 4) is 29.8 Å². The zero-order valence-corrected chi connectivity index (χ0v) is 38.8. The number of carbonyl (C=O) groups is 2. The summed E-state index contributed by atoms with van der Waals surface area (Å²) in [5, 5.41) is 58.2. The van der Waals surface area contributed by atoms with Crippen LogP contribution < -0.4 is 0 Å². The Morgan fingerprint density at radius 1 is 0.360 bits per heavy atom. The molecule has 0 amide bonds. The van der Waals surface area contributed by atoms with E-state index < -0.39 is 0 Å². The van der Waals surface area contributed by atoms with Crippen molar-refractivity contribution in [2.45, 2.75) is 73.5 Å². The molecule has 8 nitrogen and oxygen atoms in total. The first-order valence-corrected chi connectivity index (χ1v) is 27.1. The third-order valence-corrected chi connectivity index (χ3v) is 15.0. The van der Waals surface area contributed by atoms with Crippen LogP contribution >= 0.6 is 0 Å². The Morgan fingerprint density at radius 2 is 0.500 bits per heavy atom. The molecular formula is C36H34N6O2Se6. The van der Waals surface area contributed by atoms with Crippen LogP contribution in [0.2, 0.25) is 0 Å². The van der Waals surface area contributed by atoms with Crippen molar-refractivity contribution in [3.05, 3.63) is 91.1 Å². The molecule has 0 saturated heterocycles. The van der Waals surface area contributed by atoms with Crippen molar-refractivity contribution in [1.82, 2.24) is 0 Å². The molecule has 0 bridgehead atoms. The Kier molecular flexibility index (Phi) is 22.9. The van der Waals surface area contributed by atoms with Crippen molar-refractivity contribution in [2.75, 3.05) is 0 Å². The van der Waals surface area contributed by atoms with Gasteiger partial charge in [0.05, 0.1) is 0 Å². The van der Waals surface area contributed by atoms with E-state index in [0.717, 1.165) is 31.9 Å². The number of rotatable bonds is 12. The number of benzene rings is 2. The first kappa shape index (κ1) is 45.3. The quantitative estimate of drug-likeness (QED) is 0.229. The van der Waals surface area contributed by atoms with E-state index in [1.807, 2.05) is 0 Å². The molecule has 2 aromatic carbocycles. The maximum Gasteiger partial charge on any atom is 0.178 e. The molecule has 14 heteroatoms. The molecule has 0 unspecified atom stereocenters. The molecule has 0 heterocycles. The van der Waals surface area contributed by atoms with Gasteiger partial charge in [-0.2, -0.15) is 0 Å². The summed E-state index contributed by atoms with van der Waals surface area (Å²) in [5.41, 5.74) is 15.2. The monoisotopic (exact) mass is 1060 g/mol. The van der Waals surface area contributed by atoms with E-state index in [1.54, 1.807) is 0 Å². The van der Waals surface area contributed by atoms with E-state index in [1.165, 1.54) is 91.1 Å². The number of allylic oxidation sites excluding steroid dienone is 4. The number of hydrogen-bond donors (Lipinski definition) is 0. The minimum absolute atomic E-state index is 0.0416. The molecular weight excluding hydrogens is 1020 g/mol. The van der Waals surface area contributed by atoms with E-state index in [2.05, 4.69) is 71.3 Å². The van der Waals surface area contributed by atoms with Crippen LogP contribution in [0.3, 0.4) is 0 Å². The van der Waals surface area contributed by atoms with Crippen LogP contribution in [0.15, 0.2) is 24.3 Å². The van der Waals surface area contributed by atoms with Gasteiger partial charge >= 0.3 is 291 Å². The summed E-state index contributed by atoms with van der Waals surface area (Å²) in [6.07, 6.45) is 5.01. The molecule has 1 aliphatic carbocycles. The zero-order chi connectivity index (χ0) is 37.6. The molecule has 0 saturated carbocycles. The molecule has 256 valence electrons. The summed E-state index contributed by atoms with van der Waals surface area (Å²) in [6.45, 7) is 12.7. The van der Waals surface area contributed by atoms with Crippen molar-refractivity contribution in [2.24, 2.45) is 0 Å². The van der Waals surface area contributed by atoms with Gasteiger partial charge in [0.25, 0.3) is 0 Å². The molecule has 3 rings (SSSR count). The first-order valence-electron chi connectivity index (χ1n) is 14.6. The standard InChI is InChI=1S/2C15H15N3Se3.C6H4O2/c2*1-10-13(4-19-7-16)11(2)15(6-21-9-18)12(3)14(10)5-20-8-17;7-5-1-2-6(8)4-3-5/h2*4-6H2,1-3H3;1-4H. The topological polar surface area (TPSA) is 177 Å². The zero-order valence-electron chi connectivity index (χ0n) is 28.5. The SMILES string of the molecule is Cc1c(C[Se]C#N)c(C)c(C[Se]C#N)c(C)c1C[Se]C#N.Cc1c(C[Se]C#N)c(C)c(C[Se]C#N)c(C)c1C[Se]C#N.O=C1C=CC(=O)C=C1. The third-order valence-electron chi connectivity index (χ3n) is 7.94. The van der Waals surface area contributed by atoms with E-state index >= 15 is 0 Å². The average molecular weight is 1060 g/mol. The molecule has 0 radical (unpaired) electrons. The van der Waals surface area contributed by atoms with Gasteiger partial charge in [-0.1, -0.05) is 0 Å². The summed E-state index contributed by atoms with van der Waals surface area (Å²) in [5.74, 6) is -0.241. The van der Waals surface area contributed by atoms with Crippen LogP contribution in [-0.4, -0.2) is 101 Å². The Bertz CT molecular complexity index is 1520. The molecule has 0 N–H and O–H groups in total. The number of carbonyl (C=O) groups excluding carboxylic acids is 2. The van der Waals surface area contributed by atoms with E-state index in [0.29, 0.717) is 0 Å². The summed E-state index contributed by atoms with van der Waals surface area (Å²) in [4.78, 5) is 34.2. The Morgan fingerprint density at radius 3 is 0.620 bits per heavy atom. The van der Waals surface area contributed by atoms with Crippen LogP contribution in [0, 0.1) is 103 Å². The molecule has 0 aliphatic heterocycles. The Balaban J connectivity index is 0.000000410. The average Bonchev–Trinajstić information content (AvgIpc) is 3.10. The van der Waals surface area contributed by atoms with Gasteiger partial charge < -0.3 is 0 Å². The number of nitrogens with zero attached hydrogens (tertiary/aromatic N) is 6. The van der Waals surface area contributed by atoms with Gasteiger partial charge in [-0.15, -0.1) is 0 Å². The second-order valence-electron chi connectivity index (χ2n) is 10.4. The molecule has 50 heavy (non-hydrogen) atoms. The predicted octanol–water partition coefficient (Wildman–Crippen LogP) is 3.59. The van der Waals surface area contributed by atoms with Crippen molar-refractivity contribution >= 4 is 101 Å². The smallest absolute Gasteiger partial charge is 0.178 e. The Labute approximate surface area is 333 Å². The van der Waals surface area contributed by atoms with Crippen LogP contribution in [-0.2, 0) is 41.5 Å². The fourth-order valence-corrected chi connectivity index (χ4v) is 13.2. The van der Waals surface area contributed by atoms with Gasteiger partial charge in [-0.3, -0.25) is 9.59 Å². The maximum atomic E-state index is 10.3. The molecule has 0 aromatic heterocycles. The third kappa shape index (κ3) is 14.1. The largest absolute Gasteiger partial charge is 0.290 e. The van der Waals surface area contributed by atoms with Gasteiger partial charge in [0.1, 0.15) is 0 Å². The first-order chi connectivity index (χ1) is 23.9. The predicted molar refractivity (Wildman–Crippen MR) is 200 cm³/mol. The number of hydrogen-bond acceptors (Lipinski definition) is 8. The summed E-state index contributed by atoms with van der Waals surface area (Å²) in [6, 6.07) is 0. The summed E-state index contributed by atoms with van der Waals surface area (Å²) < 4.78 is 0. The molecule has 0 spiro atoms. The molecule has 1 aliphatic rings. The normalized spacial score (nSPS) is 11.0. The minimum Gasteiger partial charge on any atom is -0.290 e. The van der Waals surface area contributed by atoms with Gasteiger partial charge in [0.15, 0.2) is 11.6 Å². The van der Waals surface area contributed by atoms with Gasteiger partial charge in [-0.25, -0.2) is 0 Å². The summed E-state index contributed by atoms with van der Waals surface area (Å²) in [7, 11) is 0. The Hall–Kier alpha value is -2.68. The van der Waals surface area contributed by atoms with E-state index in [9.17, 15) is 9.59 Å². The van der Waals surface area contributed by atoms with Crippen LogP contribution in [0.1, 0.15) is 66.8 Å². The second-order valence-corrected chi connectivity index (χ2v) is 19.9. The maximum absolute atomic E-state index is 10.3. The van der Waals surface area contributed by atoms with Crippen LogP contribution in [0.4, 0.5) is 0 Å². The van der Waals surface area contributed by atoms with Gasteiger partial charge in [-0.05, 0) is 24.3 Å². The molecule has 2 aromatic rings. The second kappa shape index (κ2) is 25.3. The molecule has 0 atom stereocenters. The van der Waals surface area contributed by atoms with E-state index in [4.69, 9.17) is 31.6 Å². The van der Waals surface area contributed by atoms with Crippen LogP contribution in [0.25, 0.3) is 0 Å². The van der Waals surface area contributed by atoms with Crippen molar-refractivity contribution < 1.29 is 9.59 Å².